The van der Waals surface area contributed by atoms with Gasteiger partial charge in [0, 0.05) is 6.61 Å². The van der Waals surface area contributed by atoms with Crippen LogP contribution in [0.5, 0.6) is 0 Å². The van der Waals surface area contributed by atoms with Gasteiger partial charge < -0.3 is 9.16 Å². The van der Waals surface area contributed by atoms with E-state index >= 15 is 0 Å². The normalized spacial score (nSPS) is 13.1. The first-order chi connectivity index (χ1) is 10.0. The van der Waals surface area contributed by atoms with Crippen LogP contribution in [0.2, 0.25) is 0 Å². The molecule has 0 N–H and O–H groups in total. The highest BCUT2D eigenvalue weighted by molar-refractivity contribution is 5.98. The molecule has 0 aliphatic carbocycles. The second-order valence-electron chi connectivity index (χ2n) is 5.91. The Morgan fingerprint density at radius 2 is 2.05 bits per heavy atom. The van der Waals surface area contributed by atoms with Crippen molar-refractivity contribution >= 4 is 16.6 Å². The molecule has 1 unspecified atom stereocenters. The first-order valence-electron chi connectivity index (χ1n) is 7.68. The zero-order valence-corrected chi connectivity index (χ0v) is 14.5. The molecule has 0 aromatic heterocycles. The van der Waals surface area contributed by atoms with Gasteiger partial charge in [0.05, 0.1) is 12.2 Å². The van der Waals surface area contributed by atoms with Crippen molar-refractivity contribution in [1.29, 1.82) is 0 Å². The van der Waals surface area contributed by atoms with Crippen LogP contribution in [0, 0.1) is 5.92 Å². The third-order valence-electron chi connectivity index (χ3n) is 4.11. The number of rotatable bonds is 10. The minimum Gasteiger partial charge on any atom is -0.413 e. The third kappa shape index (κ3) is 5.77. The van der Waals surface area contributed by atoms with Crippen LogP contribution in [0.4, 0.5) is 0 Å². The molecule has 21 heavy (non-hydrogen) atoms. The highest BCUT2D eigenvalue weighted by atomic mass is 28.2. The molecule has 3 heteroatoms. The van der Waals surface area contributed by atoms with E-state index in [9.17, 15) is 0 Å². The van der Waals surface area contributed by atoms with Crippen molar-refractivity contribution in [3.05, 3.63) is 42.0 Å². The summed E-state index contributed by atoms with van der Waals surface area (Å²) in [6, 6.07) is 8.21. The number of ether oxygens (including phenoxy) is 1. The number of hydrogen-bond acceptors (Lipinski definition) is 2. The highest BCUT2D eigenvalue weighted by Crippen LogP contribution is 2.27. The van der Waals surface area contributed by atoms with Gasteiger partial charge in [0.25, 0.3) is 0 Å². The summed E-state index contributed by atoms with van der Waals surface area (Å²) in [6.45, 7) is 11.7. The quantitative estimate of drug-likeness (QED) is 0.467. The van der Waals surface area contributed by atoms with E-state index in [2.05, 4.69) is 50.0 Å². The predicted molar refractivity (Wildman–Crippen MR) is 90.1 cm³/mol. The second-order valence-corrected chi connectivity index (χ2v) is 6.11. The molecule has 1 rings (SSSR count). The van der Waals surface area contributed by atoms with Gasteiger partial charge in [0.15, 0.2) is 0 Å². The summed E-state index contributed by atoms with van der Waals surface area (Å²) < 4.78 is 11.2. The van der Waals surface area contributed by atoms with Crippen LogP contribution in [0.3, 0.4) is 0 Å². The minimum absolute atomic E-state index is 0.138. The van der Waals surface area contributed by atoms with Gasteiger partial charge in [-0.3, -0.25) is 0 Å². The van der Waals surface area contributed by atoms with E-state index in [1.54, 1.807) is 0 Å². The number of benzene rings is 1. The summed E-state index contributed by atoms with van der Waals surface area (Å²) in [5.74, 6) is 0.527. The molecule has 0 saturated carbocycles. The van der Waals surface area contributed by atoms with E-state index in [1.165, 1.54) is 5.56 Å². The molecule has 0 amide bonds. The van der Waals surface area contributed by atoms with Crippen molar-refractivity contribution in [1.82, 2.24) is 0 Å². The first-order valence-corrected chi connectivity index (χ1v) is 8.08. The average molecular weight is 303 g/mol. The SMILES string of the molecule is C=Cc1ccccc1COCCCC(CC)C(C)(C)O[Si]. The zero-order valence-electron chi connectivity index (χ0n) is 13.5. The Kier molecular flexibility index (Phi) is 7.94. The number of hydrogen-bond donors (Lipinski definition) is 0. The summed E-state index contributed by atoms with van der Waals surface area (Å²) in [7, 11) is 3.19. The van der Waals surface area contributed by atoms with Crippen molar-refractivity contribution in [2.45, 2.75) is 52.2 Å². The van der Waals surface area contributed by atoms with Crippen molar-refractivity contribution in [2.24, 2.45) is 5.92 Å². The molecule has 0 aliphatic rings. The van der Waals surface area contributed by atoms with Gasteiger partial charge in [0.1, 0.15) is 0 Å². The summed E-state index contributed by atoms with van der Waals surface area (Å²) in [4.78, 5) is 0. The molecule has 2 nitrogen and oxygen atoms in total. The van der Waals surface area contributed by atoms with E-state index in [0.717, 1.165) is 31.4 Å². The van der Waals surface area contributed by atoms with Crippen LogP contribution in [0.25, 0.3) is 6.08 Å². The monoisotopic (exact) mass is 303 g/mol. The van der Waals surface area contributed by atoms with E-state index in [0.29, 0.717) is 12.5 Å². The van der Waals surface area contributed by atoms with Gasteiger partial charge in [-0.1, -0.05) is 50.3 Å². The maximum absolute atomic E-state index is 5.80. The summed E-state index contributed by atoms with van der Waals surface area (Å²) in [5.41, 5.74) is 2.21. The molecule has 0 bridgehead atoms. The van der Waals surface area contributed by atoms with Crippen LogP contribution >= 0.6 is 0 Å². The molecule has 3 radical (unpaired) electrons. The Hall–Kier alpha value is -0.903. The van der Waals surface area contributed by atoms with Gasteiger partial charge in [0.2, 0.25) is 10.5 Å². The second kappa shape index (κ2) is 9.18. The Balaban J connectivity index is 2.33. The first kappa shape index (κ1) is 18.1. The van der Waals surface area contributed by atoms with Crippen LogP contribution in [-0.4, -0.2) is 22.7 Å². The Morgan fingerprint density at radius 3 is 2.67 bits per heavy atom. The fourth-order valence-electron chi connectivity index (χ4n) is 2.61. The van der Waals surface area contributed by atoms with Crippen molar-refractivity contribution in [2.75, 3.05) is 6.61 Å². The van der Waals surface area contributed by atoms with Gasteiger partial charge in [-0.25, -0.2) is 0 Å². The molecule has 1 atom stereocenters. The van der Waals surface area contributed by atoms with E-state index in [-0.39, 0.29) is 5.60 Å². The Bertz CT molecular complexity index is 429. The molecule has 1 aromatic carbocycles. The van der Waals surface area contributed by atoms with Crippen molar-refractivity contribution < 1.29 is 9.16 Å². The standard InChI is InChI=1S/C18H27O2Si/c1-5-15-10-7-8-11-16(15)14-19-13-9-12-17(6-2)18(3,4)20-21/h5,7-8,10-11,17H,1,6,9,12-14H2,2-4H3. The smallest absolute Gasteiger partial charge is 0.246 e. The largest absolute Gasteiger partial charge is 0.413 e. The van der Waals surface area contributed by atoms with E-state index < -0.39 is 0 Å². The molecular formula is C18H27O2Si. The van der Waals surface area contributed by atoms with Gasteiger partial charge in [-0.2, -0.15) is 0 Å². The Labute approximate surface area is 133 Å². The summed E-state index contributed by atoms with van der Waals surface area (Å²) in [6.07, 6.45) is 5.14. The molecule has 0 heterocycles. The summed E-state index contributed by atoms with van der Waals surface area (Å²) >= 11 is 0. The fraction of sp³-hybridized carbons (Fsp3) is 0.556. The lowest BCUT2D eigenvalue weighted by atomic mass is 9.85. The maximum atomic E-state index is 5.80. The van der Waals surface area contributed by atoms with Gasteiger partial charge in [-0.05, 0) is 43.7 Å². The van der Waals surface area contributed by atoms with Crippen LogP contribution < -0.4 is 0 Å². The summed E-state index contributed by atoms with van der Waals surface area (Å²) in [5, 5.41) is 0. The molecule has 0 saturated heterocycles. The van der Waals surface area contributed by atoms with Gasteiger partial charge in [-0.15, -0.1) is 0 Å². The highest BCUT2D eigenvalue weighted by Gasteiger charge is 2.26. The zero-order chi connectivity index (χ0) is 15.7. The molecule has 0 aliphatic heterocycles. The predicted octanol–water partition coefficient (Wildman–Crippen LogP) is 4.53. The maximum Gasteiger partial charge on any atom is 0.246 e. The van der Waals surface area contributed by atoms with E-state index in [1.807, 2.05) is 18.2 Å². The third-order valence-corrected chi connectivity index (χ3v) is 4.64. The van der Waals surface area contributed by atoms with Crippen LogP contribution in [-0.2, 0) is 15.8 Å². The molecular weight excluding hydrogens is 276 g/mol. The topological polar surface area (TPSA) is 18.5 Å². The van der Waals surface area contributed by atoms with Gasteiger partial charge >= 0.3 is 0 Å². The Morgan fingerprint density at radius 1 is 1.33 bits per heavy atom. The van der Waals surface area contributed by atoms with E-state index in [4.69, 9.17) is 9.16 Å². The van der Waals surface area contributed by atoms with Crippen LogP contribution in [0.1, 0.15) is 51.2 Å². The molecule has 115 valence electrons. The lowest BCUT2D eigenvalue weighted by molar-refractivity contribution is 0.0372. The lowest BCUT2D eigenvalue weighted by Crippen LogP contribution is -2.33. The molecule has 1 aromatic rings. The average Bonchev–Trinajstić information content (AvgIpc) is 2.50. The fourth-order valence-corrected chi connectivity index (χ4v) is 2.77. The molecule has 0 spiro atoms. The lowest BCUT2D eigenvalue weighted by Gasteiger charge is -2.33. The minimum atomic E-state index is -0.138. The van der Waals surface area contributed by atoms with Crippen molar-refractivity contribution in [3.8, 4) is 0 Å². The molecule has 0 fully saturated rings. The van der Waals surface area contributed by atoms with Crippen molar-refractivity contribution in [3.63, 3.8) is 0 Å². The van der Waals surface area contributed by atoms with Crippen LogP contribution in [0.15, 0.2) is 30.8 Å².